The topological polar surface area (TPSA) is 126 Å². The zero-order valence-electron chi connectivity index (χ0n) is 18.6. The molecular weight excluding hydrogens is 513 g/mol. The zero-order valence-corrected chi connectivity index (χ0v) is 20.9. The van der Waals surface area contributed by atoms with Gasteiger partial charge >= 0.3 is 6.09 Å². The minimum Gasteiger partial charge on any atom is -0.497 e. The first kappa shape index (κ1) is 26.5. The molecule has 0 radical (unpaired) electrons. The van der Waals surface area contributed by atoms with Crippen molar-refractivity contribution in [1.29, 1.82) is 0 Å². The van der Waals surface area contributed by atoms with Crippen molar-refractivity contribution < 1.29 is 14.3 Å². The molecule has 4 N–H and O–H groups in total. The molecule has 1 aromatic carbocycles. The predicted molar refractivity (Wildman–Crippen MR) is 131 cm³/mol. The number of guanidine groups is 1. The van der Waals surface area contributed by atoms with Gasteiger partial charge in [-0.15, -0.1) is 24.0 Å². The smallest absolute Gasteiger partial charge is 0.407 e. The first-order valence-corrected chi connectivity index (χ1v) is 9.78. The van der Waals surface area contributed by atoms with E-state index in [0.29, 0.717) is 37.2 Å². The molecule has 31 heavy (non-hydrogen) atoms. The first-order valence-electron chi connectivity index (χ1n) is 9.78. The molecule has 0 unspecified atom stereocenters. The van der Waals surface area contributed by atoms with Crippen LogP contribution in [0.4, 0.5) is 4.79 Å². The number of methoxy groups -OCH3 is 1. The summed E-state index contributed by atoms with van der Waals surface area (Å²) in [6.45, 7) is 7.09. The summed E-state index contributed by atoms with van der Waals surface area (Å²) in [5.74, 6) is 2.72. The monoisotopic (exact) mass is 545 g/mol. The third-order valence-corrected chi connectivity index (χ3v) is 3.84. The van der Waals surface area contributed by atoms with Gasteiger partial charge in [0.15, 0.2) is 11.8 Å². The van der Waals surface area contributed by atoms with Gasteiger partial charge in [-0.3, -0.25) is 10.1 Å². The van der Waals surface area contributed by atoms with Gasteiger partial charge in [-0.05, 0) is 51.5 Å². The lowest BCUT2D eigenvalue weighted by atomic mass is 10.2. The number of rotatable bonds is 8. The number of aromatic amines is 1. The van der Waals surface area contributed by atoms with Crippen molar-refractivity contribution in [3.05, 3.63) is 30.1 Å². The van der Waals surface area contributed by atoms with Gasteiger partial charge in [-0.1, -0.05) is 0 Å². The SMILES string of the molecule is CN=C(NCCCNC(=O)OC(C)(C)C)NCc1nc(-c2ccc(OC)cc2)n[nH]1.I. The molecule has 0 spiro atoms. The van der Waals surface area contributed by atoms with Crippen molar-refractivity contribution >= 4 is 36.0 Å². The van der Waals surface area contributed by atoms with Gasteiger partial charge in [0.25, 0.3) is 0 Å². The zero-order chi connectivity index (χ0) is 22.0. The van der Waals surface area contributed by atoms with Crippen LogP contribution in [0.1, 0.15) is 33.0 Å². The van der Waals surface area contributed by atoms with Crippen LogP contribution in [-0.2, 0) is 11.3 Å². The molecule has 1 aromatic heterocycles. The van der Waals surface area contributed by atoms with Crippen molar-refractivity contribution in [2.45, 2.75) is 39.3 Å². The highest BCUT2D eigenvalue weighted by molar-refractivity contribution is 14.0. The fourth-order valence-electron chi connectivity index (χ4n) is 2.43. The predicted octanol–water partition coefficient (Wildman–Crippen LogP) is 2.68. The lowest BCUT2D eigenvalue weighted by Gasteiger charge is -2.19. The second-order valence-electron chi connectivity index (χ2n) is 7.47. The number of nitrogens with zero attached hydrogens (tertiary/aromatic N) is 3. The highest BCUT2D eigenvalue weighted by Gasteiger charge is 2.15. The maximum absolute atomic E-state index is 11.6. The van der Waals surface area contributed by atoms with Crippen LogP contribution in [0.15, 0.2) is 29.3 Å². The van der Waals surface area contributed by atoms with Gasteiger partial charge in [-0.25, -0.2) is 9.78 Å². The summed E-state index contributed by atoms with van der Waals surface area (Å²) in [6.07, 6.45) is 0.312. The summed E-state index contributed by atoms with van der Waals surface area (Å²) in [5.41, 5.74) is 0.403. The molecule has 1 amide bonds. The Morgan fingerprint density at radius 1 is 1.13 bits per heavy atom. The summed E-state index contributed by atoms with van der Waals surface area (Å²) in [5, 5.41) is 16.2. The van der Waals surface area contributed by atoms with E-state index in [1.165, 1.54) is 0 Å². The molecule has 172 valence electrons. The molecule has 0 fully saturated rings. The molecule has 2 rings (SSSR count). The minimum atomic E-state index is -0.498. The van der Waals surface area contributed by atoms with Gasteiger partial charge in [0.05, 0.1) is 13.7 Å². The largest absolute Gasteiger partial charge is 0.497 e. The van der Waals surface area contributed by atoms with Crippen LogP contribution < -0.4 is 20.7 Å². The molecule has 0 saturated heterocycles. The number of carbonyl (C=O) groups is 1. The van der Waals surface area contributed by atoms with Gasteiger partial charge in [0.2, 0.25) is 0 Å². The number of benzene rings is 1. The van der Waals surface area contributed by atoms with Gasteiger partial charge in [-0.2, -0.15) is 5.10 Å². The number of hydrogen-bond acceptors (Lipinski definition) is 6. The molecule has 10 nitrogen and oxygen atoms in total. The summed E-state index contributed by atoms with van der Waals surface area (Å²) in [4.78, 5) is 20.3. The molecule has 1 heterocycles. The van der Waals surface area contributed by atoms with E-state index >= 15 is 0 Å². The standard InChI is InChI=1S/C20H31N7O3.HI/c1-20(2,3)30-19(28)23-12-6-11-22-18(21-4)24-13-16-25-17(27-26-16)14-7-9-15(29-5)10-8-14;/h7-10H,6,11-13H2,1-5H3,(H,23,28)(H2,21,22,24)(H,25,26,27);1H. The average molecular weight is 545 g/mol. The Bertz CT molecular complexity index is 832. The molecule has 0 aliphatic rings. The van der Waals surface area contributed by atoms with E-state index in [9.17, 15) is 4.79 Å². The first-order chi connectivity index (χ1) is 14.3. The Hall–Kier alpha value is -2.57. The molecule has 0 aliphatic carbocycles. The molecule has 11 heteroatoms. The highest BCUT2D eigenvalue weighted by Crippen LogP contribution is 2.18. The second-order valence-corrected chi connectivity index (χ2v) is 7.47. The number of H-pyrrole nitrogens is 1. The quantitative estimate of drug-likeness (QED) is 0.174. The maximum Gasteiger partial charge on any atom is 0.407 e. The Morgan fingerprint density at radius 3 is 2.42 bits per heavy atom. The molecule has 0 saturated carbocycles. The lowest BCUT2D eigenvalue weighted by Crippen LogP contribution is -2.39. The van der Waals surface area contributed by atoms with Crippen LogP contribution in [0.5, 0.6) is 5.75 Å². The molecule has 0 aliphatic heterocycles. The summed E-state index contributed by atoms with van der Waals surface area (Å²) >= 11 is 0. The van der Waals surface area contributed by atoms with E-state index in [1.807, 2.05) is 45.0 Å². The van der Waals surface area contributed by atoms with Crippen molar-refractivity contribution in [1.82, 2.24) is 31.1 Å². The summed E-state index contributed by atoms with van der Waals surface area (Å²) in [7, 11) is 3.32. The van der Waals surface area contributed by atoms with Crippen LogP contribution in [0.2, 0.25) is 0 Å². The fraction of sp³-hybridized carbons (Fsp3) is 0.500. The van der Waals surface area contributed by atoms with Crippen molar-refractivity contribution in [3.8, 4) is 17.1 Å². The number of halogens is 1. The van der Waals surface area contributed by atoms with Crippen LogP contribution in [-0.4, -0.2) is 60.1 Å². The summed E-state index contributed by atoms with van der Waals surface area (Å²) in [6, 6.07) is 7.55. The van der Waals surface area contributed by atoms with E-state index < -0.39 is 11.7 Å². The second kappa shape index (κ2) is 13.0. The number of alkyl carbamates (subject to hydrolysis) is 1. The van der Waals surface area contributed by atoms with Crippen LogP contribution in [0.3, 0.4) is 0 Å². The van der Waals surface area contributed by atoms with Gasteiger partial charge in [0.1, 0.15) is 17.2 Å². The third-order valence-electron chi connectivity index (χ3n) is 3.84. The number of nitrogens with one attached hydrogen (secondary N) is 4. The van der Waals surface area contributed by atoms with Crippen molar-refractivity contribution in [2.24, 2.45) is 4.99 Å². The Kier molecular flexibility index (Phi) is 11.1. The number of ether oxygens (including phenoxy) is 2. The number of aliphatic imine (C=N–C) groups is 1. The molecular formula is C20H32IN7O3. The van der Waals surface area contributed by atoms with E-state index in [-0.39, 0.29) is 24.0 Å². The summed E-state index contributed by atoms with van der Waals surface area (Å²) < 4.78 is 10.4. The third kappa shape index (κ3) is 9.85. The van der Waals surface area contributed by atoms with E-state index in [0.717, 1.165) is 17.7 Å². The van der Waals surface area contributed by atoms with E-state index in [4.69, 9.17) is 9.47 Å². The average Bonchev–Trinajstić information content (AvgIpc) is 3.17. The maximum atomic E-state index is 11.6. The minimum absolute atomic E-state index is 0. The molecule has 0 bridgehead atoms. The van der Waals surface area contributed by atoms with Crippen LogP contribution in [0, 0.1) is 0 Å². The number of hydrogen-bond donors (Lipinski definition) is 4. The number of carbonyl (C=O) groups excluding carboxylic acids is 1. The van der Waals surface area contributed by atoms with Gasteiger partial charge < -0.3 is 25.4 Å². The van der Waals surface area contributed by atoms with Crippen molar-refractivity contribution in [3.63, 3.8) is 0 Å². The molecule has 0 atom stereocenters. The highest BCUT2D eigenvalue weighted by atomic mass is 127. The van der Waals surface area contributed by atoms with Crippen LogP contribution in [0.25, 0.3) is 11.4 Å². The normalized spacial score (nSPS) is 11.3. The van der Waals surface area contributed by atoms with Gasteiger partial charge in [0, 0.05) is 25.7 Å². The van der Waals surface area contributed by atoms with E-state index in [2.05, 4.69) is 36.1 Å². The van der Waals surface area contributed by atoms with Crippen molar-refractivity contribution in [2.75, 3.05) is 27.2 Å². The Morgan fingerprint density at radius 2 is 1.81 bits per heavy atom. The number of aromatic nitrogens is 3. The van der Waals surface area contributed by atoms with E-state index in [1.54, 1.807) is 14.2 Å². The molecule has 2 aromatic rings. The van der Waals surface area contributed by atoms with Crippen LogP contribution >= 0.6 is 24.0 Å². The fourth-order valence-corrected chi connectivity index (χ4v) is 2.43. The number of amides is 1. The Labute approximate surface area is 200 Å². The Balaban J connectivity index is 0.00000480. The lowest BCUT2D eigenvalue weighted by molar-refractivity contribution is 0.0527.